The van der Waals surface area contributed by atoms with Crippen LogP contribution >= 0.6 is 22.6 Å². The van der Waals surface area contributed by atoms with Gasteiger partial charge in [-0.25, -0.2) is 0 Å². The molecule has 0 spiro atoms. The maximum atomic E-state index is 12.5. The van der Waals surface area contributed by atoms with Gasteiger partial charge in [-0.05, 0) is 55.0 Å². The van der Waals surface area contributed by atoms with E-state index in [0.29, 0.717) is 0 Å². The summed E-state index contributed by atoms with van der Waals surface area (Å²) in [6, 6.07) is 5.17. The second-order valence-corrected chi connectivity index (χ2v) is 6.22. The van der Waals surface area contributed by atoms with Crippen molar-refractivity contribution >= 4 is 28.2 Å². The van der Waals surface area contributed by atoms with Crippen LogP contribution in [0, 0.1) is 0 Å². The third-order valence-corrected chi connectivity index (χ3v) is 4.15. The maximum Gasteiger partial charge on any atom is 0.416 e. The fourth-order valence-electron chi connectivity index (χ4n) is 2.28. The molecule has 0 saturated heterocycles. The normalized spacial score (nSPS) is 18.8. The molecule has 110 valence electrons. The molecular formula is C15H16F3IO. The predicted molar refractivity (Wildman–Crippen MR) is 81.7 cm³/mol. The van der Waals surface area contributed by atoms with Gasteiger partial charge in [0.1, 0.15) is 0 Å². The van der Waals surface area contributed by atoms with Gasteiger partial charge in [0, 0.05) is 4.43 Å². The molecule has 1 aromatic rings. The summed E-state index contributed by atoms with van der Waals surface area (Å²) in [5.41, 5.74) is 0.284. The van der Waals surface area contributed by atoms with Crippen molar-refractivity contribution in [2.24, 2.45) is 0 Å². The molecule has 0 radical (unpaired) electrons. The third-order valence-electron chi connectivity index (χ3n) is 3.61. The molecule has 1 fully saturated rings. The van der Waals surface area contributed by atoms with Crippen LogP contribution in [0.2, 0.25) is 0 Å². The van der Waals surface area contributed by atoms with E-state index in [-0.39, 0.29) is 0 Å². The molecule has 0 heterocycles. The second kappa shape index (κ2) is 6.05. The van der Waals surface area contributed by atoms with Crippen molar-refractivity contribution in [3.05, 3.63) is 41.5 Å². The Bertz CT molecular complexity index is 487. The van der Waals surface area contributed by atoms with Gasteiger partial charge in [-0.2, -0.15) is 13.2 Å². The highest BCUT2D eigenvalue weighted by atomic mass is 127. The van der Waals surface area contributed by atoms with Gasteiger partial charge < -0.3 is 5.11 Å². The molecule has 0 bridgehead atoms. The molecule has 1 nitrogen and oxygen atoms in total. The van der Waals surface area contributed by atoms with Gasteiger partial charge >= 0.3 is 6.18 Å². The van der Waals surface area contributed by atoms with Crippen molar-refractivity contribution in [2.75, 3.05) is 4.43 Å². The number of benzene rings is 1. The lowest BCUT2D eigenvalue weighted by Crippen LogP contribution is -2.34. The van der Waals surface area contributed by atoms with Crippen molar-refractivity contribution in [3.63, 3.8) is 0 Å². The lowest BCUT2D eigenvalue weighted by Gasteiger charge is -2.34. The third kappa shape index (κ3) is 3.75. The Kier molecular flexibility index (Phi) is 4.79. The molecule has 0 amide bonds. The van der Waals surface area contributed by atoms with E-state index < -0.39 is 17.3 Å². The molecule has 20 heavy (non-hydrogen) atoms. The Labute approximate surface area is 130 Å². The molecular weight excluding hydrogens is 380 g/mol. The number of aliphatic hydroxyl groups is 1. The quantitative estimate of drug-likeness (QED) is 0.571. The number of halogens is 4. The first-order valence-corrected chi connectivity index (χ1v) is 8.04. The molecule has 1 aromatic carbocycles. The van der Waals surface area contributed by atoms with Crippen LogP contribution in [0.15, 0.2) is 30.3 Å². The molecule has 5 heteroatoms. The van der Waals surface area contributed by atoms with E-state index in [2.05, 4.69) is 22.6 Å². The summed E-state index contributed by atoms with van der Waals surface area (Å²) >= 11 is 2.23. The molecule has 1 aliphatic rings. The maximum absolute atomic E-state index is 12.5. The van der Waals surface area contributed by atoms with E-state index >= 15 is 0 Å². The van der Waals surface area contributed by atoms with E-state index in [9.17, 15) is 18.3 Å². The van der Waals surface area contributed by atoms with Gasteiger partial charge in [0.25, 0.3) is 0 Å². The van der Waals surface area contributed by atoms with Crippen molar-refractivity contribution in [2.45, 2.75) is 37.5 Å². The Morgan fingerprint density at radius 1 is 1.25 bits per heavy atom. The van der Waals surface area contributed by atoms with E-state index in [1.807, 2.05) is 6.08 Å². The van der Waals surface area contributed by atoms with Gasteiger partial charge in [0.2, 0.25) is 0 Å². The standard InChI is InChI=1S/C15H16F3IO/c16-15(17,18)13-4-2-11(3-5-13)12(6-9-19)10-14(20)7-1-8-14/h2-5,10,20H,1,6-9H2/b12-10+. The van der Waals surface area contributed by atoms with E-state index in [1.54, 1.807) is 0 Å². The van der Waals surface area contributed by atoms with Gasteiger partial charge in [0.15, 0.2) is 0 Å². The Morgan fingerprint density at radius 2 is 1.85 bits per heavy atom. The average molecular weight is 396 g/mol. The van der Waals surface area contributed by atoms with Crippen LogP contribution < -0.4 is 0 Å². The monoisotopic (exact) mass is 396 g/mol. The largest absolute Gasteiger partial charge is 0.416 e. The van der Waals surface area contributed by atoms with Gasteiger partial charge in [0.05, 0.1) is 11.2 Å². The summed E-state index contributed by atoms with van der Waals surface area (Å²) in [6.07, 6.45) is 0.734. The fraction of sp³-hybridized carbons (Fsp3) is 0.467. The summed E-state index contributed by atoms with van der Waals surface area (Å²) in [7, 11) is 0. The zero-order valence-electron chi connectivity index (χ0n) is 10.9. The molecule has 2 rings (SSSR count). The van der Waals surface area contributed by atoms with E-state index in [1.165, 1.54) is 12.1 Å². The van der Waals surface area contributed by atoms with Crippen LogP contribution in [0.25, 0.3) is 5.57 Å². The summed E-state index contributed by atoms with van der Waals surface area (Å²) < 4.78 is 38.5. The molecule has 0 unspecified atom stereocenters. The lowest BCUT2D eigenvalue weighted by atomic mass is 9.78. The van der Waals surface area contributed by atoms with Gasteiger partial charge in [-0.15, -0.1) is 0 Å². The molecule has 0 aliphatic heterocycles. The van der Waals surface area contributed by atoms with Gasteiger partial charge in [-0.1, -0.05) is 34.7 Å². The summed E-state index contributed by atoms with van der Waals surface area (Å²) in [4.78, 5) is 0. The summed E-state index contributed by atoms with van der Waals surface area (Å²) in [5.74, 6) is 0. The first-order chi connectivity index (χ1) is 9.34. The molecule has 0 atom stereocenters. The highest BCUT2D eigenvalue weighted by Crippen LogP contribution is 2.37. The van der Waals surface area contributed by atoms with Crippen LogP contribution in [0.5, 0.6) is 0 Å². The minimum atomic E-state index is -4.31. The van der Waals surface area contributed by atoms with Crippen LogP contribution in [-0.4, -0.2) is 15.1 Å². The minimum Gasteiger partial charge on any atom is -0.386 e. The Hall–Kier alpha value is -0.560. The highest BCUT2D eigenvalue weighted by Gasteiger charge is 2.33. The Balaban J connectivity index is 2.26. The zero-order valence-corrected chi connectivity index (χ0v) is 13.0. The fourth-order valence-corrected chi connectivity index (χ4v) is 2.86. The number of allylic oxidation sites excluding steroid dienone is 1. The first kappa shape index (κ1) is 15.8. The molecule has 1 aliphatic carbocycles. The highest BCUT2D eigenvalue weighted by molar-refractivity contribution is 14.1. The summed E-state index contributed by atoms with van der Waals surface area (Å²) in [6.45, 7) is 0. The van der Waals surface area contributed by atoms with Crippen molar-refractivity contribution in [3.8, 4) is 0 Å². The number of alkyl halides is 4. The SMILES string of the molecule is OC1(/C=C(\CCI)c2ccc(C(F)(F)F)cc2)CCC1. The minimum absolute atomic E-state index is 0.641. The molecule has 1 saturated carbocycles. The van der Waals surface area contributed by atoms with Crippen LogP contribution in [0.4, 0.5) is 13.2 Å². The number of hydrogen-bond donors (Lipinski definition) is 1. The van der Waals surface area contributed by atoms with E-state index in [4.69, 9.17) is 0 Å². The van der Waals surface area contributed by atoms with Crippen LogP contribution in [0.1, 0.15) is 36.8 Å². The first-order valence-electron chi connectivity index (χ1n) is 6.52. The molecule has 0 aromatic heterocycles. The predicted octanol–water partition coefficient (Wildman–Crippen LogP) is 4.83. The van der Waals surface area contributed by atoms with Crippen LogP contribution in [-0.2, 0) is 6.18 Å². The Morgan fingerprint density at radius 3 is 2.25 bits per heavy atom. The van der Waals surface area contributed by atoms with Crippen molar-refractivity contribution in [1.82, 2.24) is 0 Å². The van der Waals surface area contributed by atoms with Crippen molar-refractivity contribution < 1.29 is 18.3 Å². The topological polar surface area (TPSA) is 20.2 Å². The molecule has 1 N–H and O–H groups in total. The second-order valence-electron chi connectivity index (χ2n) is 5.14. The average Bonchev–Trinajstić information content (AvgIpc) is 2.35. The van der Waals surface area contributed by atoms with E-state index in [0.717, 1.165) is 53.4 Å². The number of hydrogen-bond acceptors (Lipinski definition) is 1. The van der Waals surface area contributed by atoms with Gasteiger partial charge in [-0.3, -0.25) is 0 Å². The zero-order chi connectivity index (χ0) is 14.8. The smallest absolute Gasteiger partial charge is 0.386 e. The lowest BCUT2D eigenvalue weighted by molar-refractivity contribution is -0.137. The summed E-state index contributed by atoms with van der Waals surface area (Å²) in [5, 5.41) is 10.2. The van der Waals surface area contributed by atoms with Crippen LogP contribution in [0.3, 0.4) is 0 Å². The number of rotatable bonds is 4. The van der Waals surface area contributed by atoms with Crippen molar-refractivity contribution in [1.29, 1.82) is 0 Å².